The lowest BCUT2D eigenvalue weighted by atomic mass is 10.2. The van der Waals surface area contributed by atoms with Gasteiger partial charge < -0.3 is 4.90 Å². The number of nitrogens with zero attached hydrogens (tertiary/aromatic N) is 4. The SMILES string of the molecule is CN(Cc1cnn(C)c1)C(=O)Cc1csc(NC(=O)c2ccccc2)n1. The van der Waals surface area contributed by atoms with Crippen LogP contribution in [0.4, 0.5) is 5.13 Å². The van der Waals surface area contributed by atoms with Gasteiger partial charge in [0.15, 0.2) is 5.13 Å². The van der Waals surface area contributed by atoms with E-state index in [2.05, 4.69) is 15.4 Å². The first-order chi connectivity index (χ1) is 12.5. The molecular weight excluding hydrogens is 350 g/mol. The van der Waals surface area contributed by atoms with Crippen molar-refractivity contribution in [3.8, 4) is 0 Å². The van der Waals surface area contributed by atoms with Crippen LogP contribution in [0.2, 0.25) is 0 Å². The van der Waals surface area contributed by atoms with Crippen LogP contribution in [0.3, 0.4) is 0 Å². The second kappa shape index (κ2) is 7.92. The van der Waals surface area contributed by atoms with Gasteiger partial charge >= 0.3 is 0 Å². The third-order valence-corrected chi connectivity index (χ3v) is 4.55. The molecule has 0 aliphatic carbocycles. The molecule has 2 heterocycles. The maximum absolute atomic E-state index is 12.4. The van der Waals surface area contributed by atoms with Crippen molar-refractivity contribution < 1.29 is 9.59 Å². The molecule has 0 unspecified atom stereocenters. The van der Waals surface area contributed by atoms with E-state index >= 15 is 0 Å². The van der Waals surface area contributed by atoms with Gasteiger partial charge in [-0.2, -0.15) is 5.10 Å². The largest absolute Gasteiger partial charge is 0.341 e. The molecular formula is C18H19N5O2S. The average Bonchev–Trinajstić information content (AvgIpc) is 3.24. The van der Waals surface area contributed by atoms with Crippen LogP contribution in [0.5, 0.6) is 0 Å². The maximum atomic E-state index is 12.4. The predicted molar refractivity (Wildman–Crippen MR) is 99.9 cm³/mol. The van der Waals surface area contributed by atoms with E-state index in [1.807, 2.05) is 19.3 Å². The summed E-state index contributed by atoms with van der Waals surface area (Å²) in [6.07, 6.45) is 3.81. The topological polar surface area (TPSA) is 80.1 Å². The lowest BCUT2D eigenvalue weighted by molar-refractivity contribution is -0.129. The Kier molecular flexibility index (Phi) is 5.43. The molecule has 26 heavy (non-hydrogen) atoms. The molecule has 0 spiro atoms. The van der Waals surface area contributed by atoms with Gasteiger partial charge in [0.1, 0.15) is 0 Å². The molecule has 1 aromatic carbocycles. The van der Waals surface area contributed by atoms with Crippen molar-refractivity contribution in [1.82, 2.24) is 19.7 Å². The molecule has 0 bridgehead atoms. The van der Waals surface area contributed by atoms with Gasteiger partial charge in [-0.1, -0.05) is 18.2 Å². The molecule has 2 aromatic heterocycles. The zero-order valence-corrected chi connectivity index (χ0v) is 15.4. The molecule has 3 aromatic rings. The van der Waals surface area contributed by atoms with Crippen molar-refractivity contribution in [1.29, 1.82) is 0 Å². The van der Waals surface area contributed by atoms with Gasteiger partial charge in [-0.25, -0.2) is 4.98 Å². The fourth-order valence-electron chi connectivity index (χ4n) is 2.41. The highest BCUT2D eigenvalue weighted by Gasteiger charge is 2.14. The molecule has 0 fully saturated rings. The van der Waals surface area contributed by atoms with E-state index in [9.17, 15) is 9.59 Å². The number of carbonyl (C=O) groups excluding carboxylic acids is 2. The third kappa shape index (κ3) is 4.54. The second-order valence-electron chi connectivity index (χ2n) is 5.91. The van der Waals surface area contributed by atoms with Crippen molar-refractivity contribution in [2.75, 3.05) is 12.4 Å². The summed E-state index contributed by atoms with van der Waals surface area (Å²) in [5.41, 5.74) is 2.18. The van der Waals surface area contributed by atoms with E-state index in [0.29, 0.717) is 22.9 Å². The number of hydrogen-bond acceptors (Lipinski definition) is 5. The number of amides is 2. The third-order valence-electron chi connectivity index (χ3n) is 3.74. The van der Waals surface area contributed by atoms with Gasteiger partial charge in [-0.15, -0.1) is 11.3 Å². The van der Waals surface area contributed by atoms with Gasteiger partial charge in [0, 0.05) is 43.3 Å². The molecule has 0 aliphatic heterocycles. The van der Waals surface area contributed by atoms with E-state index in [1.165, 1.54) is 11.3 Å². The number of hydrogen-bond donors (Lipinski definition) is 1. The predicted octanol–water partition coefficient (Wildman–Crippen LogP) is 2.33. The molecule has 1 N–H and O–H groups in total. The summed E-state index contributed by atoms with van der Waals surface area (Å²) in [7, 11) is 3.59. The highest BCUT2D eigenvalue weighted by atomic mass is 32.1. The highest BCUT2D eigenvalue weighted by Crippen LogP contribution is 2.17. The zero-order valence-electron chi connectivity index (χ0n) is 14.5. The fraction of sp³-hybridized carbons (Fsp3) is 0.222. The summed E-state index contributed by atoms with van der Waals surface area (Å²) < 4.78 is 1.70. The number of aryl methyl sites for hydroxylation is 1. The summed E-state index contributed by atoms with van der Waals surface area (Å²) in [5, 5.41) is 9.12. The van der Waals surface area contributed by atoms with E-state index in [4.69, 9.17) is 0 Å². The van der Waals surface area contributed by atoms with Crippen molar-refractivity contribution in [3.63, 3.8) is 0 Å². The Morgan fingerprint density at radius 1 is 1.27 bits per heavy atom. The summed E-state index contributed by atoms with van der Waals surface area (Å²) >= 11 is 1.31. The van der Waals surface area contributed by atoms with Crippen LogP contribution in [0.25, 0.3) is 0 Å². The Balaban J connectivity index is 1.56. The summed E-state index contributed by atoms with van der Waals surface area (Å²) in [6.45, 7) is 0.494. The van der Waals surface area contributed by atoms with Crippen LogP contribution in [-0.2, 0) is 24.8 Å². The first kappa shape index (κ1) is 17.8. The number of likely N-dealkylation sites (N-methyl/N-ethyl adjacent to an activating group) is 1. The first-order valence-electron chi connectivity index (χ1n) is 8.03. The van der Waals surface area contributed by atoms with Gasteiger partial charge in [-0.05, 0) is 12.1 Å². The van der Waals surface area contributed by atoms with Crippen LogP contribution < -0.4 is 5.32 Å². The van der Waals surface area contributed by atoms with E-state index in [1.54, 1.807) is 52.5 Å². The number of rotatable bonds is 6. The Hall–Kier alpha value is -3.00. The Morgan fingerprint density at radius 3 is 2.73 bits per heavy atom. The fourth-order valence-corrected chi connectivity index (χ4v) is 3.12. The number of nitrogens with one attached hydrogen (secondary N) is 1. The van der Waals surface area contributed by atoms with Gasteiger partial charge in [0.05, 0.1) is 18.3 Å². The van der Waals surface area contributed by atoms with Crippen LogP contribution in [-0.4, -0.2) is 38.5 Å². The van der Waals surface area contributed by atoms with E-state index in [0.717, 1.165) is 5.56 Å². The van der Waals surface area contributed by atoms with E-state index < -0.39 is 0 Å². The van der Waals surface area contributed by atoms with Crippen molar-refractivity contribution >= 4 is 28.3 Å². The molecule has 0 saturated carbocycles. The normalized spacial score (nSPS) is 10.5. The zero-order chi connectivity index (χ0) is 18.5. The van der Waals surface area contributed by atoms with Crippen molar-refractivity contribution in [3.05, 3.63) is 64.9 Å². The Bertz CT molecular complexity index is 903. The molecule has 0 saturated heterocycles. The lowest BCUT2D eigenvalue weighted by Crippen LogP contribution is -2.27. The second-order valence-corrected chi connectivity index (χ2v) is 6.77. The number of aromatic nitrogens is 3. The monoisotopic (exact) mass is 369 g/mol. The minimum atomic E-state index is -0.216. The minimum Gasteiger partial charge on any atom is -0.341 e. The molecule has 134 valence electrons. The van der Waals surface area contributed by atoms with Gasteiger partial charge in [0.2, 0.25) is 5.91 Å². The Labute approximate surface area is 155 Å². The lowest BCUT2D eigenvalue weighted by Gasteiger charge is -2.15. The van der Waals surface area contributed by atoms with Gasteiger partial charge in [0.25, 0.3) is 5.91 Å². The van der Waals surface area contributed by atoms with Crippen molar-refractivity contribution in [2.24, 2.45) is 7.05 Å². The average molecular weight is 369 g/mol. The standard InChI is InChI=1S/C18H19N5O2S/c1-22(10-13-9-19-23(2)11-13)16(24)8-15-12-26-18(20-15)21-17(25)14-6-4-3-5-7-14/h3-7,9,11-12H,8,10H2,1-2H3,(H,20,21,25). The smallest absolute Gasteiger partial charge is 0.257 e. The number of thiazole rings is 1. The van der Waals surface area contributed by atoms with Crippen LogP contribution in [0.1, 0.15) is 21.6 Å². The number of anilines is 1. The Morgan fingerprint density at radius 2 is 2.04 bits per heavy atom. The number of carbonyl (C=O) groups is 2. The van der Waals surface area contributed by atoms with Crippen LogP contribution in [0.15, 0.2) is 48.1 Å². The molecule has 0 aliphatic rings. The van der Waals surface area contributed by atoms with Crippen LogP contribution in [0, 0.1) is 0 Å². The summed E-state index contributed by atoms with van der Waals surface area (Å²) in [5.74, 6) is -0.258. The molecule has 2 amide bonds. The summed E-state index contributed by atoms with van der Waals surface area (Å²) in [6, 6.07) is 8.94. The highest BCUT2D eigenvalue weighted by molar-refractivity contribution is 7.14. The first-order valence-corrected chi connectivity index (χ1v) is 8.91. The molecule has 8 heteroatoms. The quantitative estimate of drug-likeness (QED) is 0.723. The maximum Gasteiger partial charge on any atom is 0.257 e. The van der Waals surface area contributed by atoms with E-state index in [-0.39, 0.29) is 18.2 Å². The van der Waals surface area contributed by atoms with Crippen molar-refractivity contribution in [2.45, 2.75) is 13.0 Å². The summed E-state index contributed by atoms with van der Waals surface area (Å²) in [4.78, 5) is 30.5. The molecule has 0 radical (unpaired) electrons. The molecule has 3 rings (SSSR count). The molecule has 0 atom stereocenters. The molecule has 7 nitrogen and oxygen atoms in total. The number of benzene rings is 1. The van der Waals surface area contributed by atoms with Crippen LogP contribution >= 0.6 is 11.3 Å². The van der Waals surface area contributed by atoms with Gasteiger partial charge in [-0.3, -0.25) is 19.6 Å². The minimum absolute atomic E-state index is 0.0416.